The number of rotatable bonds is 5. The molecule has 1 saturated carbocycles. The molecular formula is C16H23N5. The van der Waals surface area contributed by atoms with Crippen molar-refractivity contribution in [2.75, 3.05) is 5.32 Å². The molecule has 3 rings (SSSR count). The van der Waals surface area contributed by atoms with Gasteiger partial charge >= 0.3 is 0 Å². The zero-order valence-electron chi connectivity index (χ0n) is 12.6. The number of nitrogens with zero attached hydrogens (tertiary/aromatic N) is 4. The molecule has 1 N–H and O–H groups in total. The second kappa shape index (κ2) is 6.70. The monoisotopic (exact) mass is 285 g/mol. The van der Waals surface area contributed by atoms with Gasteiger partial charge in [-0.25, -0.2) is 4.68 Å². The molecule has 1 aliphatic rings. The maximum atomic E-state index is 3.89. The van der Waals surface area contributed by atoms with Crippen LogP contribution in [0.4, 0.5) is 5.69 Å². The predicted molar refractivity (Wildman–Crippen MR) is 83.4 cm³/mol. The van der Waals surface area contributed by atoms with E-state index in [9.17, 15) is 0 Å². The topological polar surface area (TPSA) is 55.6 Å². The van der Waals surface area contributed by atoms with E-state index in [0.717, 1.165) is 11.6 Å². The molecule has 1 aliphatic carbocycles. The number of benzene rings is 1. The third-order valence-electron chi connectivity index (χ3n) is 4.40. The van der Waals surface area contributed by atoms with Gasteiger partial charge in [0.1, 0.15) is 6.33 Å². The average Bonchev–Trinajstić information content (AvgIpc) is 3.05. The Hall–Kier alpha value is -1.91. The van der Waals surface area contributed by atoms with E-state index >= 15 is 0 Å². The maximum absolute atomic E-state index is 3.89. The molecule has 21 heavy (non-hydrogen) atoms. The summed E-state index contributed by atoms with van der Waals surface area (Å²) in [7, 11) is 0. The van der Waals surface area contributed by atoms with Crippen LogP contribution < -0.4 is 5.32 Å². The van der Waals surface area contributed by atoms with Crippen molar-refractivity contribution in [1.82, 2.24) is 20.2 Å². The van der Waals surface area contributed by atoms with Gasteiger partial charge in [0.2, 0.25) is 0 Å². The van der Waals surface area contributed by atoms with Crippen LogP contribution in [0, 0.1) is 5.92 Å². The summed E-state index contributed by atoms with van der Waals surface area (Å²) in [6.45, 7) is 2.29. The van der Waals surface area contributed by atoms with Gasteiger partial charge in [-0.2, -0.15) is 0 Å². The smallest absolute Gasteiger partial charge is 0.143 e. The Bertz CT molecular complexity index is 526. The molecule has 0 radical (unpaired) electrons. The van der Waals surface area contributed by atoms with E-state index in [4.69, 9.17) is 0 Å². The minimum atomic E-state index is 0.622. The average molecular weight is 285 g/mol. The SMILES string of the molecule is CCCC1CCC(Nc2ccc(-n3cnnn3)cc2)CC1. The van der Waals surface area contributed by atoms with Gasteiger partial charge in [-0.3, -0.25) is 0 Å². The summed E-state index contributed by atoms with van der Waals surface area (Å²) in [6.07, 6.45) is 9.65. The second-order valence-corrected chi connectivity index (χ2v) is 5.95. The van der Waals surface area contributed by atoms with Crippen molar-refractivity contribution >= 4 is 5.69 Å². The first-order valence-electron chi connectivity index (χ1n) is 7.95. The third-order valence-corrected chi connectivity index (χ3v) is 4.40. The van der Waals surface area contributed by atoms with Crippen LogP contribution in [-0.4, -0.2) is 26.2 Å². The highest BCUT2D eigenvalue weighted by Crippen LogP contribution is 2.29. The lowest BCUT2D eigenvalue weighted by Gasteiger charge is -2.29. The molecule has 0 spiro atoms. The van der Waals surface area contributed by atoms with Gasteiger partial charge in [0, 0.05) is 11.7 Å². The Balaban J connectivity index is 1.54. The van der Waals surface area contributed by atoms with Gasteiger partial charge < -0.3 is 5.32 Å². The van der Waals surface area contributed by atoms with Crippen molar-refractivity contribution < 1.29 is 0 Å². The van der Waals surface area contributed by atoms with E-state index in [0.29, 0.717) is 6.04 Å². The number of anilines is 1. The van der Waals surface area contributed by atoms with Gasteiger partial charge in [0.25, 0.3) is 0 Å². The van der Waals surface area contributed by atoms with Gasteiger partial charge in [0.05, 0.1) is 5.69 Å². The molecule has 112 valence electrons. The van der Waals surface area contributed by atoms with Gasteiger partial charge in [0.15, 0.2) is 0 Å². The lowest BCUT2D eigenvalue weighted by Crippen LogP contribution is -2.26. The molecule has 1 aromatic carbocycles. The standard InChI is InChI=1S/C16H23N5/c1-2-3-13-4-6-14(7-5-13)18-15-8-10-16(11-9-15)21-12-17-19-20-21/h8-14,18H,2-7H2,1H3. The number of tetrazole rings is 1. The zero-order chi connectivity index (χ0) is 14.5. The molecule has 0 atom stereocenters. The molecule has 0 unspecified atom stereocenters. The Morgan fingerprint density at radius 3 is 2.52 bits per heavy atom. The predicted octanol–water partition coefficient (Wildman–Crippen LogP) is 3.43. The minimum Gasteiger partial charge on any atom is -0.382 e. The molecule has 1 heterocycles. The minimum absolute atomic E-state index is 0.622. The first-order chi connectivity index (χ1) is 10.3. The molecule has 1 fully saturated rings. The van der Waals surface area contributed by atoms with Crippen LogP contribution in [0.3, 0.4) is 0 Å². The highest BCUT2D eigenvalue weighted by atomic mass is 15.5. The first kappa shape index (κ1) is 14.0. The highest BCUT2D eigenvalue weighted by Gasteiger charge is 2.20. The van der Waals surface area contributed by atoms with E-state index in [1.54, 1.807) is 11.0 Å². The van der Waals surface area contributed by atoms with E-state index in [1.165, 1.54) is 44.2 Å². The Labute approximate surface area is 125 Å². The normalized spacial score (nSPS) is 22.1. The van der Waals surface area contributed by atoms with E-state index in [1.807, 2.05) is 12.1 Å². The molecule has 1 aromatic heterocycles. The maximum Gasteiger partial charge on any atom is 0.143 e. The summed E-state index contributed by atoms with van der Waals surface area (Å²) in [4.78, 5) is 0. The number of aromatic nitrogens is 4. The molecule has 0 bridgehead atoms. The summed E-state index contributed by atoms with van der Waals surface area (Å²) in [5, 5.41) is 14.9. The van der Waals surface area contributed by atoms with E-state index < -0.39 is 0 Å². The lowest BCUT2D eigenvalue weighted by molar-refractivity contribution is 0.319. The molecule has 0 aliphatic heterocycles. The summed E-state index contributed by atoms with van der Waals surface area (Å²) in [5.74, 6) is 0.954. The fourth-order valence-electron chi connectivity index (χ4n) is 3.23. The summed E-state index contributed by atoms with van der Waals surface area (Å²) in [5.41, 5.74) is 2.17. The van der Waals surface area contributed by atoms with Gasteiger partial charge in [-0.05, 0) is 66.3 Å². The Morgan fingerprint density at radius 1 is 1.14 bits per heavy atom. The van der Waals surface area contributed by atoms with Crippen molar-refractivity contribution in [2.45, 2.75) is 51.5 Å². The van der Waals surface area contributed by atoms with Crippen molar-refractivity contribution in [3.8, 4) is 5.69 Å². The van der Waals surface area contributed by atoms with Crippen molar-refractivity contribution in [1.29, 1.82) is 0 Å². The van der Waals surface area contributed by atoms with Gasteiger partial charge in [-0.15, -0.1) is 5.10 Å². The molecule has 0 saturated heterocycles. The Kier molecular flexibility index (Phi) is 4.48. The first-order valence-corrected chi connectivity index (χ1v) is 7.95. The van der Waals surface area contributed by atoms with Crippen LogP contribution in [0.2, 0.25) is 0 Å². The quantitative estimate of drug-likeness (QED) is 0.914. The lowest BCUT2D eigenvalue weighted by atomic mass is 9.83. The van der Waals surface area contributed by atoms with Crippen LogP contribution in [0.15, 0.2) is 30.6 Å². The van der Waals surface area contributed by atoms with Crippen LogP contribution in [-0.2, 0) is 0 Å². The fourth-order valence-corrected chi connectivity index (χ4v) is 3.23. The van der Waals surface area contributed by atoms with Crippen LogP contribution in [0.5, 0.6) is 0 Å². The van der Waals surface area contributed by atoms with E-state index in [2.05, 4.69) is 39.9 Å². The van der Waals surface area contributed by atoms with Crippen molar-refractivity contribution in [3.63, 3.8) is 0 Å². The Morgan fingerprint density at radius 2 is 1.90 bits per heavy atom. The van der Waals surface area contributed by atoms with Crippen LogP contribution in [0.25, 0.3) is 5.69 Å². The van der Waals surface area contributed by atoms with Gasteiger partial charge in [-0.1, -0.05) is 19.8 Å². The third kappa shape index (κ3) is 3.60. The zero-order valence-corrected chi connectivity index (χ0v) is 12.6. The largest absolute Gasteiger partial charge is 0.382 e. The number of hydrogen-bond acceptors (Lipinski definition) is 4. The fraction of sp³-hybridized carbons (Fsp3) is 0.562. The van der Waals surface area contributed by atoms with Crippen LogP contribution in [0.1, 0.15) is 45.4 Å². The summed E-state index contributed by atoms with van der Waals surface area (Å²) in [6, 6.07) is 8.92. The van der Waals surface area contributed by atoms with Crippen molar-refractivity contribution in [3.05, 3.63) is 30.6 Å². The highest BCUT2D eigenvalue weighted by molar-refractivity contribution is 5.49. The van der Waals surface area contributed by atoms with E-state index in [-0.39, 0.29) is 0 Å². The molecule has 2 aromatic rings. The molecular weight excluding hydrogens is 262 g/mol. The molecule has 5 heteroatoms. The number of hydrogen-bond donors (Lipinski definition) is 1. The summed E-state index contributed by atoms with van der Waals surface area (Å²) < 4.78 is 1.67. The van der Waals surface area contributed by atoms with Crippen molar-refractivity contribution in [2.24, 2.45) is 5.92 Å². The van der Waals surface area contributed by atoms with Crippen LogP contribution >= 0.6 is 0 Å². The second-order valence-electron chi connectivity index (χ2n) is 5.95. The number of nitrogens with one attached hydrogen (secondary N) is 1. The molecule has 0 amide bonds. The summed E-state index contributed by atoms with van der Waals surface area (Å²) >= 11 is 0. The molecule has 5 nitrogen and oxygen atoms in total.